The van der Waals surface area contributed by atoms with Crippen LogP contribution in [0, 0.1) is 5.92 Å². The largest absolute Gasteiger partial charge is 0.471 e. The molecule has 1 fully saturated rings. The molecule has 1 saturated heterocycles. The average molecular weight is 315 g/mol. The monoisotopic (exact) mass is 314 g/mol. The molecule has 19 heavy (non-hydrogen) atoms. The first kappa shape index (κ1) is 18.3. The number of alkyl halides is 6. The molecular formula is C9H13ClF6N2O. The lowest BCUT2D eigenvalue weighted by atomic mass is 9.88. The first-order valence-corrected chi connectivity index (χ1v) is 5.21. The van der Waals surface area contributed by atoms with Crippen LogP contribution in [0.25, 0.3) is 0 Å². The van der Waals surface area contributed by atoms with Crippen molar-refractivity contribution in [3.63, 3.8) is 0 Å². The zero-order chi connectivity index (χ0) is 14.1. The van der Waals surface area contributed by atoms with E-state index in [9.17, 15) is 31.1 Å². The molecule has 10 heteroatoms. The SMILES string of the molecule is C[C@H]1CCN[C@@H](C(F)(F)F)[C@H]1NC(=O)C(F)(F)F.Cl. The highest BCUT2D eigenvalue weighted by atomic mass is 35.5. The smallest absolute Gasteiger partial charge is 0.343 e. The zero-order valence-corrected chi connectivity index (χ0v) is 10.5. The van der Waals surface area contributed by atoms with Gasteiger partial charge >= 0.3 is 18.3 Å². The lowest BCUT2D eigenvalue weighted by Gasteiger charge is -2.38. The number of halogens is 7. The van der Waals surface area contributed by atoms with E-state index < -0.39 is 36.3 Å². The van der Waals surface area contributed by atoms with Gasteiger partial charge in [-0.3, -0.25) is 4.79 Å². The second-order valence-corrected chi connectivity index (χ2v) is 4.24. The topological polar surface area (TPSA) is 41.1 Å². The van der Waals surface area contributed by atoms with Crippen LogP contribution in [0.15, 0.2) is 0 Å². The minimum Gasteiger partial charge on any atom is -0.343 e. The number of carbonyl (C=O) groups is 1. The number of amides is 1. The number of hydrogen-bond donors (Lipinski definition) is 2. The summed E-state index contributed by atoms with van der Waals surface area (Å²) in [6.45, 7) is 1.42. The number of hydrogen-bond acceptors (Lipinski definition) is 2. The molecule has 1 amide bonds. The minimum absolute atomic E-state index is 0. The van der Waals surface area contributed by atoms with Gasteiger partial charge < -0.3 is 10.6 Å². The van der Waals surface area contributed by atoms with Crippen LogP contribution in [0.3, 0.4) is 0 Å². The van der Waals surface area contributed by atoms with Crippen LogP contribution in [0.1, 0.15) is 13.3 Å². The highest BCUT2D eigenvalue weighted by Crippen LogP contribution is 2.30. The summed E-state index contributed by atoms with van der Waals surface area (Å²) in [7, 11) is 0. The molecule has 3 nitrogen and oxygen atoms in total. The number of carbonyl (C=O) groups excluding carboxylic acids is 1. The van der Waals surface area contributed by atoms with E-state index in [4.69, 9.17) is 0 Å². The first-order valence-electron chi connectivity index (χ1n) is 5.21. The van der Waals surface area contributed by atoms with Gasteiger partial charge in [0.05, 0.1) is 6.04 Å². The Balaban J connectivity index is 0.00000324. The zero-order valence-electron chi connectivity index (χ0n) is 9.73. The van der Waals surface area contributed by atoms with Crippen molar-refractivity contribution in [3.8, 4) is 0 Å². The molecular weight excluding hydrogens is 302 g/mol. The van der Waals surface area contributed by atoms with Gasteiger partial charge in [0.15, 0.2) is 0 Å². The number of piperidine rings is 1. The fraction of sp³-hybridized carbons (Fsp3) is 0.889. The molecule has 0 spiro atoms. The van der Waals surface area contributed by atoms with Gasteiger partial charge in [0.2, 0.25) is 0 Å². The van der Waals surface area contributed by atoms with Crippen molar-refractivity contribution >= 4 is 18.3 Å². The molecule has 1 heterocycles. The summed E-state index contributed by atoms with van der Waals surface area (Å²) in [5, 5.41) is 3.51. The lowest BCUT2D eigenvalue weighted by molar-refractivity contribution is -0.184. The van der Waals surface area contributed by atoms with E-state index in [1.54, 1.807) is 0 Å². The van der Waals surface area contributed by atoms with Crippen molar-refractivity contribution in [2.24, 2.45) is 5.92 Å². The molecule has 0 bridgehead atoms. The van der Waals surface area contributed by atoms with Crippen LogP contribution < -0.4 is 10.6 Å². The predicted molar refractivity (Wildman–Crippen MR) is 56.9 cm³/mol. The van der Waals surface area contributed by atoms with E-state index in [2.05, 4.69) is 5.32 Å². The summed E-state index contributed by atoms with van der Waals surface area (Å²) in [5.74, 6) is -3.04. The molecule has 0 aromatic rings. The molecule has 0 aromatic heterocycles. The van der Waals surface area contributed by atoms with E-state index in [0.717, 1.165) is 0 Å². The Morgan fingerprint density at radius 1 is 1.21 bits per heavy atom. The second kappa shape index (κ2) is 6.17. The molecule has 1 rings (SSSR count). The Morgan fingerprint density at radius 3 is 2.16 bits per heavy atom. The third kappa shape index (κ3) is 4.72. The molecule has 0 aromatic carbocycles. The van der Waals surface area contributed by atoms with Crippen molar-refractivity contribution < 1.29 is 31.1 Å². The summed E-state index contributed by atoms with van der Waals surface area (Å²) in [6.07, 6.45) is -9.64. The maximum absolute atomic E-state index is 12.6. The quantitative estimate of drug-likeness (QED) is 0.727. The van der Waals surface area contributed by atoms with Crippen LogP contribution in [-0.2, 0) is 4.79 Å². The standard InChI is InChI=1S/C9H12F6N2O.ClH/c1-4-2-3-16-6(8(10,11)12)5(4)17-7(18)9(13,14)15;/h4-6,16H,2-3H2,1H3,(H,17,18);1H/t4-,5-,6+;/m0./s1. The van der Waals surface area contributed by atoms with E-state index in [1.165, 1.54) is 12.2 Å². The molecule has 2 N–H and O–H groups in total. The third-order valence-electron chi connectivity index (χ3n) is 2.84. The first-order chi connectivity index (χ1) is 8.03. The molecule has 3 atom stereocenters. The van der Waals surface area contributed by atoms with Crippen molar-refractivity contribution in [2.45, 2.75) is 37.8 Å². The molecule has 1 aliphatic heterocycles. The van der Waals surface area contributed by atoms with Gasteiger partial charge in [0, 0.05) is 0 Å². The van der Waals surface area contributed by atoms with Gasteiger partial charge in [0.1, 0.15) is 6.04 Å². The van der Waals surface area contributed by atoms with Crippen LogP contribution in [0.5, 0.6) is 0 Å². The highest BCUT2D eigenvalue weighted by molar-refractivity contribution is 5.85. The van der Waals surface area contributed by atoms with Gasteiger partial charge in [0.25, 0.3) is 0 Å². The van der Waals surface area contributed by atoms with Crippen molar-refractivity contribution in [1.82, 2.24) is 10.6 Å². The summed E-state index contributed by atoms with van der Waals surface area (Å²) in [6, 6.07) is -3.78. The van der Waals surface area contributed by atoms with Gasteiger partial charge in [-0.05, 0) is 18.9 Å². The van der Waals surface area contributed by atoms with E-state index in [-0.39, 0.29) is 25.4 Å². The van der Waals surface area contributed by atoms with E-state index in [1.807, 2.05) is 0 Å². The van der Waals surface area contributed by atoms with Gasteiger partial charge in [-0.25, -0.2) is 0 Å². The summed E-state index contributed by atoms with van der Waals surface area (Å²) < 4.78 is 74.0. The Kier molecular flexibility index (Phi) is 5.94. The van der Waals surface area contributed by atoms with Crippen LogP contribution in [-0.4, -0.2) is 36.9 Å². The molecule has 1 aliphatic rings. The van der Waals surface area contributed by atoms with Crippen LogP contribution >= 0.6 is 12.4 Å². The maximum atomic E-state index is 12.6. The fourth-order valence-electron chi connectivity index (χ4n) is 1.88. The van der Waals surface area contributed by atoms with E-state index >= 15 is 0 Å². The summed E-state index contributed by atoms with van der Waals surface area (Å²) in [5.41, 5.74) is 0. The third-order valence-corrected chi connectivity index (χ3v) is 2.84. The second-order valence-electron chi connectivity index (χ2n) is 4.24. The Hall–Kier alpha value is -0.700. The van der Waals surface area contributed by atoms with Gasteiger partial charge in [-0.2, -0.15) is 26.3 Å². The predicted octanol–water partition coefficient (Wildman–Crippen LogP) is 2.02. The number of nitrogens with one attached hydrogen (secondary N) is 2. The van der Waals surface area contributed by atoms with Gasteiger partial charge in [-0.1, -0.05) is 6.92 Å². The van der Waals surface area contributed by atoms with Crippen LogP contribution in [0.4, 0.5) is 26.3 Å². The molecule has 114 valence electrons. The summed E-state index contributed by atoms with van der Waals surface area (Å²) >= 11 is 0. The maximum Gasteiger partial charge on any atom is 0.471 e. The minimum atomic E-state index is -5.19. The van der Waals surface area contributed by atoms with Crippen LogP contribution in [0.2, 0.25) is 0 Å². The molecule has 0 unspecified atom stereocenters. The molecule has 0 aliphatic carbocycles. The van der Waals surface area contributed by atoms with E-state index in [0.29, 0.717) is 0 Å². The average Bonchev–Trinajstić information content (AvgIpc) is 2.17. The number of rotatable bonds is 1. The highest BCUT2D eigenvalue weighted by Gasteiger charge is 2.50. The Morgan fingerprint density at radius 2 is 1.74 bits per heavy atom. The fourth-order valence-corrected chi connectivity index (χ4v) is 1.88. The van der Waals surface area contributed by atoms with Crippen molar-refractivity contribution in [3.05, 3.63) is 0 Å². The normalized spacial score (nSPS) is 28.5. The Labute approximate surface area is 111 Å². The summed E-state index contributed by atoms with van der Waals surface area (Å²) in [4.78, 5) is 10.7. The Bertz CT molecular complexity index is 319. The molecule has 0 radical (unpaired) electrons. The lowest BCUT2D eigenvalue weighted by Crippen LogP contribution is -2.64. The van der Waals surface area contributed by atoms with Crippen molar-refractivity contribution in [2.75, 3.05) is 6.54 Å². The van der Waals surface area contributed by atoms with Gasteiger partial charge in [-0.15, -0.1) is 12.4 Å². The van der Waals surface area contributed by atoms with Crippen molar-refractivity contribution in [1.29, 1.82) is 0 Å². The molecule has 0 saturated carbocycles.